The first-order valence-corrected chi connectivity index (χ1v) is 7.17. The van der Waals surface area contributed by atoms with Crippen molar-refractivity contribution in [1.82, 2.24) is 4.98 Å². The van der Waals surface area contributed by atoms with Gasteiger partial charge in [0.15, 0.2) is 0 Å². The smallest absolute Gasteiger partial charge is 0.255 e. The molecule has 6 heteroatoms. The van der Waals surface area contributed by atoms with E-state index in [1.54, 1.807) is 24.3 Å². The number of hydrogen-bond acceptors (Lipinski definition) is 3. The van der Waals surface area contributed by atoms with Crippen LogP contribution in [0.4, 0.5) is 11.5 Å². The van der Waals surface area contributed by atoms with E-state index >= 15 is 0 Å². The Bertz CT molecular complexity index is 687. The van der Waals surface area contributed by atoms with Gasteiger partial charge in [-0.25, -0.2) is 4.98 Å². The number of hydrogen-bond donors (Lipinski definition) is 2. The number of aromatic nitrogens is 1. The van der Waals surface area contributed by atoms with Crippen LogP contribution in [0.15, 0.2) is 30.3 Å². The molecule has 0 aliphatic heterocycles. The Labute approximate surface area is 133 Å². The molecule has 1 aromatic heterocycles. The summed E-state index contributed by atoms with van der Waals surface area (Å²) in [7, 11) is 0. The van der Waals surface area contributed by atoms with Crippen LogP contribution in [0, 0.1) is 0 Å². The summed E-state index contributed by atoms with van der Waals surface area (Å²) in [5.74, 6) is 0.175. The summed E-state index contributed by atoms with van der Waals surface area (Å²) in [5.41, 5.74) is 7.39. The molecule has 21 heavy (non-hydrogen) atoms. The first-order chi connectivity index (χ1) is 9.88. The van der Waals surface area contributed by atoms with Crippen molar-refractivity contribution in [1.29, 1.82) is 0 Å². The number of nitrogens with two attached hydrogens (primary N) is 1. The molecule has 0 spiro atoms. The topological polar surface area (TPSA) is 68.0 Å². The number of rotatable bonds is 3. The molecule has 0 unspecified atom stereocenters. The first kappa shape index (κ1) is 15.6. The minimum absolute atomic E-state index is 0.176. The Morgan fingerprint density at radius 1 is 1.29 bits per heavy atom. The Kier molecular flexibility index (Phi) is 4.70. The van der Waals surface area contributed by atoms with Gasteiger partial charge >= 0.3 is 0 Å². The molecule has 0 radical (unpaired) electrons. The minimum atomic E-state index is -0.310. The Morgan fingerprint density at radius 3 is 2.67 bits per heavy atom. The molecule has 0 saturated heterocycles. The number of amides is 1. The van der Waals surface area contributed by atoms with Gasteiger partial charge in [-0.15, -0.1) is 0 Å². The first-order valence-electron chi connectivity index (χ1n) is 6.41. The van der Waals surface area contributed by atoms with Crippen molar-refractivity contribution in [3.63, 3.8) is 0 Å². The number of pyridine rings is 1. The van der Waals surface area contributed by atoms with Gasteiger partial charge in [0.2, 0.25) is 0 Å². The van der Waals surface area contributed by atoms with Crippen LogP contribution in [-0.4, -0.2) is 10.9 Å². The molecule has 3 N–H and O–H groups in total. The molecule has 1 aromatic carbocycles. The maximum Gasteiger partial charge on any atom is 0.255 e. The lowest BCUT2D eigenvalue weighted by Gasteiger charge is -2.11. The molecule has 2 rings (SSSR count). The molecule has 1 heterocycles. The molecule has 0 aliphatic rings. The van der Waals surface area contributed by atoms with E-state index in [1.807, 2.05) is 13.8 Å². The molecular weight excluding hydrogens is 309 g/mol. The lowest BCUT2D eigenvalue weighted by atomic mass is 10.1. The minimum Gasteiger partial charge on any atom is -0.384 e. The number of nitrogen functional groups attached to an aromatic ring is 1. The fourth-order valence-corrected chi connectivity index (χ4v) is 2.14. The van der Waals surface area contributed by atoms with Crippen LogP contribution in [0.3, 0.4) is 0 Å². The van der Waals surface area contributed by atoms with Gasteiger partial charge in [-0.2, -0.15) is 0 Å². The van der Waals surface area contributed by atoms with Crippen molar-refractivity contribution in [3.8, 4) is 0 Å². The molecule has 110 valence electrons. The molecule has 0 fully saturated rings. The van der Waals surface area contributed by atoms with Crippen molar-refractivity contribution in [3.05, 3.63) is 51.6 Å². The predicted octanol–water partition coefficient (Wildman–Crippen LogP) is 4.35. The summed E-state index contributed by atoms with van der Waals surface area (Å²) >= 11 is 12.0. The van der Waals surface area contributed by atoms with Gasteiger partial charge in [-0.05, 0) is 30.2 Å². The quantitative estimate of drug-likeness (QED) is 0.882. The van der Waals surface area contributed by atoms with E-state index in [-0.39, 0.29) is 11.8 Å². The standard InChI is InChI=1S/C15H15Cl2N3O/c1-8(2)12-6-9(7-13(18)19-12)15(21)20-11-5-3-4-10(16)14(11)17/h3-8H,1-2H3,(H2,18,19)(H,20,21). The van der Waals surface area contributed by atoms with E-state index in [9.17, 15) is 4.79 Å². The van der Waals surface area contributed by atoms with Crippen LogP contribution >= 0.6 is 23.2 Å². The Balaban J connectivity index is 2.30. The summed E-state index contributed by atoms with van der Waals surface area (Å²) in [6.07, 6.45) is 0. The number of nitrogens with one attached hydrogen (secondary N) is 1. The van der Waals surface area contributed by atoms with Crippen LogP contribution in [0.5, 0.6) is 0 Å². The average Bonchev–Trinajstić information content (AvgIpc) is 2.43. The maximum atomic E-state index is 12.3. The van der Waals surface area contributed by atoms with Crippen LogP contribution in [-0.2, 0) is 0 Å². The summed E-state index contributed by atoms with van der Waals surface area (Å²) in [5, 5.41) is 3.41. The maximum absolute atomic E-state index is 12.3. The van der Waals surface area contributed by atoms with Crippen LogP contribution < -0.4 is 11.1 Å². The fraction of sp³-hybridized carbons (Fsp3) is 0.200. The van der Waals surface area contributed by atoms with Gasteiger partial charge in [0.1, 0.15) is 5.82 Å². The molecule has 2 aromatic rings. The molecule has 0 aliphatic carbocycles. The van der Waals surface area contributed by atoms with Crippen molar-refractivity contribution in [2.45, 2.75) is 19.8 Å². The van der Waals surface area contributed by atoms with E-state index in [2.05, 4.69) is 10.3 Å². The van der Waals surface area contributed by atoms with E-state index < -0.39 is 0 Å². The molecule has 0 atom stereocenters. The number of benzene rings is 1. The van der Waals surface area contributed by atoms with Crippen LogP contribution in [0.25, 0.3) is 0 Å². The number of nitrogens with zero attached hydrogens (tertiary/aromatic N) is 1. The van der Waals surface area contributed by atoms with Crippen molar-refractivity contribution in [2.24, 2.45) is 0 Å². The van der Waals surface area contributed by atoms with E-state index in [1.165, 1.54) is 6.07 Å². The number of carbonyl (C=O) groups is 1. The molecule has 0 bridgehead atoms. The van der Waals surface area contributed by atoms with E-state index in [0.29, 0.717) is 27.1 Å². The third-order valence-corrected chi connectivity index (χ3v) is 3.74. The lowest BCUT2D eigenvalue weighted by Crippen LogP contribution is -2.14. The highest BCUT2D eigenvalue weighted by molar-refractivity contribution is 6.44. The molecule has 1 amide bonds. The lowest BCUT2D eigenvalue weighted by molar-refractivity contribution is 0.102. The van der Waals surface area contributed by atoms with Gasteiger partial charge in [0.05, 0.1) is 15.7 Å². The fourth-order valence-electron chi connectivity index (χ4n) is 1.80. The summed E-state index contributed by atoms with van der Waals surface area (Å²) < 4.78 is 0. The van der Waals surface area contributed by atoms with Gasteiger partial charge in [0, 0.05) is 11.3 Å². The summed E-state index contributed by atoms with van der Waals surface area (Å²) in [4.78, 5) is 16.5. The van der Waals surface area contributed by atoms with Gasteiger partial charge < -0.3 is 11.1 Å². The second kappa shape index (κ2) is 6.33. The zero-order valence-electron chi connectivity index (χ0n) is 11.7. The van der Waals surface area contributed by atoms with E-state index in [4.69, 9.17) is 28.9 Å². The second-order valence-electron chi connectivity index (χ2n) is 4.92. The summed E-state index contributed by atoms with van der Waals surface area (Å²) in [6.45, 7) is 3.97. The highest BCUT2D eigenvalue weighted by Gasteiger charge is 2.13. The Hall–Kier alpha value is -1.78. The normalized spacial score (nSPS) is 10.7. The van der Waals surface area contributed by atoms with Crippen molar-refractivity contribution < 1.29 is 4.79 Å². The number of halogens is 2. The SMILES string of the molecule is CC(C)c1cc(C(=O)Nc2cccc(Cl)c2Cl)cc(N)n1. The van der Waals surface area contributed by atoms with Crippen LogP contribution in [0.2, 0.25) is 10.0 Å². The molecular formula is C15H15Cl2N3O. The van der Waals surface area contributed by atoms with Gasteiger partial charge in [-0.3, -0.25) is 4.79 Å². The molecule has 4 nitrogen and oxygen atoms in total. The van der Waals surface area contributed by atoms with Crippen molar-refractivity contribution >= 4 is 40.6 Å². The monoisotopic (exact) mass is 323 g/mol. The van der Waals surface area contributed by atoms with Gasteiger partial charge in [-0.1, -0.05) is 43.1 Å². The largest absolute Gasteiger partial charge is 0.384 e. The summed E-state index contributed by atoms with van der Waals surface area (Å²) in [6, 6.07) is 8.29. The highest BCUT2D eigenvalue weighted by atomic mass is 35.5. The predicted molar refractivity (Wildman–Crippen MR) is 87.2 cm³/mol. The van der Waals surface area contributed by atoms with Crippen molar-refractivity contribution in [2.75, 3.05) is 11.1 Å². The number of anilines is 2. The zero-order chi connectivity index (χ0) is 15.6. The third kappa shape index (κ3) is 3.65. The Morgan fingerprint density at radius 2 is 2.00 bits per heavy atom. The highest BCUT2D eigenvalue weighted by Crippen LogP contribution is 2.30. The second-order valence-corrected chi connectivity index (χ2v) is 5.70. The third-order valence-electron chi connectivity index (χ3n) is 2.92. The zero-order valence-corrected chi connectivity index (χ0v) is 13.2. The number of carbonyl (C=O) groups excluding carboxylic acids is 1. The average molecular weight is 324 g/mol. The molecule has 0 saturated carbocycles. The van der Waals surface area contributed by atoms with Gasteiger partial charge in [0.25, 0.3) is 5.91 Å². The van der Waals surface area contributed by atoms with E-state index in [0.717, 1.165) is 5.69 Å². The van der Waals surface area contributed by atoms with Crippen LogP contribution in [0.1, 0.15) is 35.8 Å².